The van der Waals surface area contributed by atoms with Crippen molar-refractivity contribution in [3.8, 4) is 5.75 Å². The average Bonchev–Trinajstić information content (AvgIpc) is 2.83. The van der Waals surface area contributed by atoms with Crippen LogP contribution in [-0.2, 0) is 27.2 Å². The molecule has 0 bridgehead atoms. The third kappa shape index (κ3) is 8.45. The van der Waals surface area contributed by atoms with Gasteiger partial charge in [0.1, 0.15) is 37.2 Å². The number of benzene rings is 3. The molecular formula is C21H21CuN4O12S3. The summed E-state index contributed by atoms with van der Waals surface area (Å²) < 4.78 is 91.2. The summed E-state index contributed by atoms with van der Waals surface area (Å²) >= 11 is 0. The molecule has 0 heterocycles. The number of nitrogens with zero attached hydrogens (tertiary/aromatic N) is 4. The molecule has 41 heavy (non-hydrogen) atoms. The molecule has 9 N–H and O–H groups in total. The smallest absolute Gasteiger partial charge is 0.573 e. The molecule has 0 atom stereocenters. The molecule has 0 spiro atoms. The Morgan fingerprint density at radius 1 is 0.829 bits per heavy atom. The molecule has 16 nitrogen and oxygen atoms in total. The van der Waals surface area contributed by atoms with E-state index in [-0.39, 0.29) is 28.3 Å². The Bertz CT molecular complexity index is 1640. The van der Waals surface area contributed by atoms with Crippen molar-refractivity contribution in [3.63, 3.8) is 0 Å². The Hall–Kier alpha value is -3.11. The van der Waals surface area contributed by atoms with Crippen LogP contribution in [0.5, 0.6) is 5.75 Å². The second-order valence-corrected chi connectivity index (χ2v) is 12.2. The van der Waals surface area contributed by atoms with E-state index in [4.69, 9.17) is 0 Å². The Labute approximate surface area is 246 Å². The molecule has 226 valence electrons. The average molecular weight is 681 g/mol. The minimum absolute atomic E-state index is 0. The summed E-state index contributed by atoms with van der Waals surface area (Å²) in [5, 5.41) is 30.9. The van der Waals surface area contributed by atoms with Crippen LogP contribution in [0.1, 0.15) is 21.5 Å². The molecule has 0 aliphatic heterocycles. The van der Waals surface area contributed by atoms with E-state index >= 15 is 0 Å². The third-order valence-corrected chi connectivity index (χ3v) is 7.61. The second kappa shape index (κ2) is 12.8. The van der Waals surface area contributed by atoms with E-state index in [1.54, 1.807) is 6.92 Å². The summed E-state index contributed by atoms with van der Waals surface area (Å²) in [6.07, 6.45) is 0. The first-order valence-electron chi connectivity index (χ1n) is 10.4. The van der Waals surface area contributed by atoms with Crippen molar-refractivity contribution in [2.75, 3.05) is 0 Å². The molecule has 0 aliphatic carbocycles. The van der Waals surface area contributed by atoms with Crippen molar-refractivity contribution in [1.82, 2.24) is 0 Å². The summed E-state index contributed by atoms with van der Waals surface area (Å²) in [6.45, 7) is 1.62. The first kappa shape index (κ1) is 34.1. The maximum atomic E-state index is 12.0. The van der Waals surface area contributed by atoms with Crippen LogP contribution in [0, 0.1) is 6.92 Å². The van der Waals surface area contributed by atoms with E-state index in [2.05, 4.69) is 20.8 Å². The molecule has 0 radical (unpaired) electrons. The molecule has 3 aromatic carbocycles. The van der Waals surface area contributed by atoms with Gasteiger partial charge in [-0.05, 0) is 37.3 Å². The largest absolute Gasteiger partial charge is 1.00 e. The number of hydrogen-bond acceptors (Lipinski definition) is 12. The summed E-state index contributed by atoms with van der Waals surface area (Å²) in [5.74, 6) is -3.19. The first-order chi connectivity index (χ1) is 18.4. The molecule has 0 saturated carbocycles. The summed E-state index contributed by atoms with van der Waals surface area (Å²) in [7, 11) is -14.2. The molecule has 0 aromatic heterocycles. The first-order valence-corrected chi connectivity index (χ1v) is 14.8. The van der Waals surface area contributed by atoms with Crippen LogP contribution in [0.3, 0.4) is 0 Å². The number of aromatic carboxylic acids is 1. The van der Waals surface area contributed by atoms with E-state index < -0.39 is 75.4 Å². The predicted octanol–water partition coefficient (Wildman–Crippen LogP) is 5.96. The molecule has 0 saturated heterocycles. The van der Waals surface area contributed by atoms with Crippen LogP contribution in [0.2, 0.25) is 0 Å². The molecular weight excluding hydrogens is 660 g/mol. The van der Waals surface area contributed by atoms with Crippen LogP contribution in [0.25, 0.3) is 5.43 Å². The number of rotatable bonds is 8. The zero-order chi connectivity index (χ0) is 30.0. The van der Waals surface area contributed by atoms with Gasteiger partial charge in [-0.3, -0.25) is 4.55 Å². The maximum absolute atomic E-state index is 12.0. The Morgan fingerprint density at radius 3 is 2.02 bits per heavy atom. The van der Waals surface area contributed by atoms with Gasteiger partial charge in [-0.25, -0.2) is 4.79 Å². The summed E-state index contributed by atoms with van der Waals surface area (Å²) in [4.78, 5) is 9.02. The van der Waals surface area contributed by atoms with Gasteiger partial charge in [-0.1, -0.05) is 29.8 Å². The van der Waals surface area contributed by atoms with Crippen LogP contribution in [0.4, 0.5) is 11.4 Å². The summed E-state index contributed by atoms with van der Waals surface area (Å²) in [5.41, 5.74) is 2.70. The van der Waals surface area contributed by atoms with Crippen LogP contribution < -0.4 is 0 Å². The number of amidine groups is 1. The number of carboxylic acids is 1. The minimum Gasteiger partial charge on any atom is -0.573 e. The minimum atomic E-state index is -4.89. The normalized spacial score (nSPS) is 13.5. The van der Waals surface area contributed by atoms with Gasteiger partial charge in [0.25, 0.3) is 10.1 Å². The van der Waals surface area contributed by atoms with Crippen LogP contribution in [-0.4, -0.2) is 62.3 Å². The molecule has 0 aliphatic rings. The molecule has 0 amide bonds. The van der Waals surface area contributed by atoms with Gasteiger partial charge in [-0.15, -0.1) is 15.9 Å². The fourth-order valence-electron chi connectivity index (χ4n) is 3.13. The Kier molecular flexibility index (Phi) is 10.7. The fraction of sp³-hybridized carbons (Fsp3) is 0.0476. The van der Waals surface area contributed by atoms with Gasteiger partial charge in [0.05, 0.1) is 4.90 Å². The van der Waals surface area contributed by atoms with Crippen LogP contribution >= 0.6 is 21.7 Å². The van der Waals surface area contributed by atoms with Crippen molar-refractivity contribution in [1.29, 1.82) is 0 Å². The topological polar surface area (TPSA) is 284 Å². The Morgan fingerprint density at radius 2 is 1.46 bits per heavy atom. The SMILES string of the molecule is Cc1ccc([N-]N=C(N=Nc2cc(S(O)(O)O)cc(S(O)(O)O)c2O)c2ccccc2S(=O)(=O)O)c(C(=O)O)c1.[Cu+]. The number of azo groups is 1. The molecule has 3 rings (SSSR count). The molecule has 3 aromatic rings. The van der Waals surface area contributed by atoms with Gasteiger partial charge in [0.2, 0.25) is 0 Å². The van der Waals surface area contributed by atoms with E-state index in [0.29, 0.717) is 17.7 Å². The zero-order valence-corrected chi connectivity index (χ0v) is 23.7. The number of aromatic hydroxyl groups is 1. The quantitative estimate of drug-likeness (QED) is 0.0332. The van der Waals surface area contributed by atoms with E-state index in [9.17, 15) is 55.3 Å². The fourth-order valence-corrected chi connectivity index (χ4v) is 5.08. The number of phenols is 1. The number of carbonyl (C=O) groups is 1. The van der Waals surface area contributed by atoms with E-state index in [0.717, 1.165) is 12.1 Å². The monoisotopic (exact) mass is 680 g/mol. The third-order valence-electron chi connectivity index (χ3n) is 4.93. The van der Waals surface area contributed by atoms with Crippen molar-refractivity contribution >= 4 is 55.0 Å². The molecule has 0 unspecified atom stereocenters. The van der Waals surface area contributed by atoms with E-state index in [1.807, 2.05) is 0 Å². The van der Waals surface area contributed by atoms with Crippen molar-refractivity contribution in [3.05, 3.63) is 76.7 Å². The van der Waals surface area contributed by atoms with Gasteiger partial charge in [-0.2, -0.15) is 8.42 Å². The van der Waals surface area contributed by atoms with Crippen molar-refractivity contribution in [2.45, 2.75) is 21.6 Å². The molecule has 0 fully saturated rings. The Balaban J connectivity index is 0.00000588. The number of aryl methyl sites for hydroxylation is 1. The summed E-state index contributed by atoms with van der Waals surface area (Å²) in [6, 6.07) is 9.91. The van der Waals surface area contributed by atoms with Crippen LogP contribution in [0.15, 0.2) is 84.6 Å². The van der Waals surface area contributed by atoms with Gasteiger partial charge >= 0.3 is 23.0 Å². The predicted molar refractivity (Wildman–Crippen MR) is 144 cm³/mol. The van der Waals surface area contributed by atoms with E-state index in [1.165, 1.54) is 30.3 Å². The maximum Gasteiger partial charge on any atom is 1.00 e. The number of phenolic OH excluding ortho intramolecular Hbond substituents is 1. The number of carboxylic acid groups (broad SMARTS) is 1. The molecule has 20 heteroatoms. The second-order valence-electron chi connectivity index (χ2n) is 7.85. The van der Waals surface area contributed by atoms with Crippen molar-refractivity contribution in [2.24, 2.45) is 15.3 Å². The zero-order valence-electron chi connectivity index (χ0n) is 20.3. The number of hydrogen-bond donors (Lipinski definition) is 9. The van der Waals surface area contributed by atoms with Crippen molar-refractivity contribution < 1.29 is 72.4 Å². The van der Waals surface area contributed by atoms with Gasteiger partial charge < -0.3 is 48.1 Å². The standard InChI is InChI=1S/C21H22N4O12S3.Cu/c1-11-6-7-15(14(8-11)21(27)28)22-24-20(13-4-2-3-5-17(13)39(32,33)34)25-23-16-9-12(38(29,30)31)10-18(19(16)26)40(35,36)37;/h2-10H,1H3,(H10,22,23,24,25,26,27,28,29,30,31,32,33,34,35,36,37);/q;+1/p-1. The van der Waals surface area contributed by atoms with Gasteiger partial charge in [0, 0.05) is 11.1 Å². The van der Waals surface area contributed by atoms with Gasteiger partial charge in [0.15, 0.2) is 11.6 Å².